The van der Waals surface area contributed by atoms with Crippen LogP contribution in [0.15, 0.2) is 24.5 Å². The average Bonchev–Trinajstić information content (AvgIpc) is 2.33. The molecule has 10 heavy (non-hydrogen) atoms. The van der Waals surface area contributed by atoms with Crippen LogP contribution in [0.5, 0.6) is 6.01 Å². The van der Waals surface area contributed by atoms with E-state index in [-0.39, 0.29) is 12.4 Å². The summed E-state index contributed by atoms with van der Waals surface area (Å²) in [6, 6.07) is 0.446. The van der Waals surface area contributed by atoms with Crippen LogP contribution in [0.4, 0.5) is 4.39 Å². The van der Waals surface area contributed by atoms with E-state index >= 15 is 0 Å². The highest BCUT2D eigenvalue weighted by atomic mass is 19.1. The zero-order chi connectivity index (χ0) is 6.97. The van der Waals surface area contributed by atoms with Crippen LogP contribution >= 0.6 is 0 Å². The number of hydrogen-bond donors (Lipinski definition) is 0. The number of aromatic nitrogens is 2. The van der Waals surface area contributed by atoms with Crippen molar-refractivity contribution in [2.45, 2.75) is 6.54 Å². The third kappa shape index (κ3) is 0.689. The highest BCUT2D eigenvalue weighted by Gasteiger charge is 2.10. The van der Waals surface area contributed by atoms with Crippen LogP contribution in [0.2, 0.25) is 0 Å². The Morgan fingerprint density at radius 3 is 3.50 bits per heavy atom. The van der Waals surface area contributed by atoms with E-state index in [1.807, 2.05) is 0 Å². The molecule has 0 spiro atoms. The molecule has 1 aromatic rings. The summed E-state index contributed by atoms with van der Waals surface area (Å²) in [5.41, 5.74) is 0. The Labute approximate surface area is 56.7 Å². The first-order valence-electron chi connectivity index (χ1n) is 2.88. The van der Waals surface area contributed by atoms with Crippen LogP contribution in [-0.4, -0.2) is 9.55 Å². The minimum absolute atomic E-state index is 0.231. The van der Waals surface area contributed by atoms with Crippen LogP contribution in [-0.2, 0) is 6.54 Å². The third-order valence-electron chi connectivity index (χ3n) is 1.29. The number of allylic oxidation sites excluding steroid dienone is 1. The lowest BCUT2D eigenvalue weighted by atomic mass is 10.5. The molecule has 0 saturated heterocycles. The quantitative estimate of drug-likeness (QED) is 0.539. The van der Waals surface area contributed by atoms with Crippen LogP contribution in [0, 0.1) is 0 Å². The molecule has 0 N–H and O–H groups in total. The Balaban J connectivity index is 2.39. The number of rotatable bonds is 0. The smallest absolute Gasteiger partial charge is 0.301 e. The van der Waals surface area contributed by atoms with Gasteiger partial charge in [-0.15, -0.1) is 0 Å². The summed E-state index contributed by atoms with van der Waals surface area (Å²) in [5.74, 6) is -0.287. The van der Waals surface area contributed by atoms with Crippen molar-refractivity contribution in [3.05, 3.63) is 24.5 Å². The molecule has 0 aliphatic carbocycles. The summed E-state index contributed by atoms with van der Waals surface area (Å²) in [5, 5.41) is 0. The summed E-state index contributed by atoms with van der Waals surface area (Å²) in [4.78, 5) is 3.82. The Morgan fingerprint density at radius 1 is 1.70 bits per heavy atom. The summed E-state index contributed by atoms with van der Waals surface area (Å²) < 4.78 is 18.8. The number of ether oxygens (including phenoxy) is 1. The van der Waals surface area contributed by atoms with Crippen LogP contribution in [0.3, 0.4) is 0 Å². The molecule has 3 nitrogen and oxygen atoms in total. The molecular weight excluding hydrogens is 135 g/mol. The van der Waals surface area contributed by atoms with Gasteiger partial charge in [-0.3, -0.25) is 4.57 Å². The molecule has 0 atom stereocenters. The summed E-state index contributed by atoms with van der Waals surface area (Å²) in [7, 11) is 0. The van der Waals surface area contributed by atoms with Gasteiger partial charge in [0.2, 0.25) is 0 Å². The van der Waals surface area contributed by atoms with E-state index in [1.165, 1.54) is 0 Å². The molecule has 0 bridgehead atoms. The van der Waals surface area contributed by atoms with Crippen molar-refractivity contribution in [2.75, 3.05) is 0 Å². The minimum atomic E-state index is -0.287. The first-order valence-corrected chi connectivity index (χ1v) is 2.88. The number of hydrogen-bond acceptors (Lipinski definition) is 2. The molecule has 52 valence electrons. The van der Waals surface area contributed by atoms with Crippen molar-refractivity contribution in [1.29, 1.82) is 0 Å². The molecule has 0 saturated carbocycles. The zero-order valence-electron chi connectivity index (χ0n) is 5.12. The maximum absolute atomic E-state index is 12.4. The lowest BCUT2D eigenvalue weighted by molar-refractivity contribution is 0.351. The van der Waals surface area contributed by atoms with Gasteiger partial charge < -0.3 is 4.74 Å². The molecule has 0 aromatic carbocycles. The van der Waals surface area contributed by atoms with E-state index in [0.29, 0.717) is 6.01 Å². The number of imidazole rings is 1. The molecule has 0 radical (unpaired) electrons. The van der Waals surface area contributed by atoms with Gasteiger partial charge >= 0.3 is 6.01 Å². The molecule has 2 heterocycles. The number of fused-ring (bicyclic) bond motifs is 1. The number of halogens is 1. The fraction of sp³-hybridized carbons (Fsp3) is 0.167. The van der Waals surface area contributed by atoms with Gasteiger partial charge in [0.1, 0.15) is 6.26 Å². The molecule has 1 aliphatic rings. The van der Waals surface area contributed by atoms with E-state index in [1.54, 1.807) is 17.0 Å². The van der Waals surface area contributed by atoms with Crippen molar-refractivity contribution in [2.24, 2.45) is 0 Å². The molecule has 1 aliphatic heterocycles. The first-order chi connectivity index (χ1) is 4.86. The molecule has 4 heteroatoms. The highest BCUT2D eigenvalue weighted by molar-refractivity contribution is 5.08. The van der Waals surface area contributed by atoms with Gasteiger partial charge in [-0.05, 0) is 0 Å². The normalized spacial score (nSPS) is 15.5. The SMILES string of the molecule is FC1=COc2nccn2C1. The molecule has 0 amide bonds. The predicted molar refractivity (Wildman–Crippen MR) is 32.0 cm³/mol. The average molecular weight is 140 g/mol. The summed E-state index contributed by atoms with van der Waals surface area (Å²) >= 11 is 0. The Morgan fingerprint density at radius 2 is 2.60 bits per heavy atom. The van der Waals surface area contributed by atoms with Crippen LogP contribution in [0.1, 0.15) is 0 Å². The van der Waals surface area contributed by atoms with Gasteiger partial charge in [0.25, 0.3) is 0 Å². The van der Waals surface area contributed by atoms with Crippen LogP contribution < -0.4 is 4.74 Å². The second-order valence-corrected chi connectivity index (χ2v) is 2.02. The Hall–Kier alpha value is -1.32. The van der Waals surface area contributed by atoms with Crippen molar-refractivity contribution in [1.82, 2.24) is 9.55 Å². The summed E-state index contributed by atoms with van der Waals surface area (Å²) in [6.45, 7) is 0.231. The topological polar surface area (TPSA) is 27.1 Å². The van der Waals surface area contributed by atoms with Gasteiger partial charge in [-0.2, -0.15) is 0 Å². The van der Waals surface area contributed by atoms with Crippen LogP contribution in [0.25, 0.3) is 0 Å². The Kier molecular flexibility index (Phi) is 1.00. The van der Waals surface area contributed by atoms with E-state index < -0.39 is 0 Å². The van der Waals surface area contributed by atoms with E-state index in [9.17, 15) is 4.39 Å². The van der Waals surface area contributed by atoms with Crippen molar-refractivity contribution < 1.29 is 9.13 Å². The highest BCUT2D eigenvalue weighted by Crippen LogP contribution is 2.16. The first kappa shape index (κ1) is 5.46. The van der Waals surface area contributed by atoms with Crippen molar-refractivity contribution >= 4 is 0 Å². The lowest BCUT2D eigenvalue weighted by Gasteiger charge is -2.09. The molecule has 1 aromatic heterocycles. The lowest BCUT2D eigenvalue weighted by Crippen LogP contribution is -2.06. The molecular formula is C6H5FN2O. The van der Waals surface area contributed by atoms with Crippen molar-refractivity contribution in [3.8, 4) is 6.01 Å². The standard InChI is InChI=1S/C6H5FN2O/c7-5-3-9-2-1-8-6(9)10-4-5/h1-2,4H,3H2. The Bertz CT molecular complexity index is 279. The second-order valence-electron chi connectivity index (χ2n) is 2.02. The fourth-order valence-corrected chi connectivity index (χ4v) is 0.851. The minimum Gasteiger partial charge on any atom is -0.431 e. The predicted octanol–water partition coefficient (Wildman–Crippen LogP) is 1.09. The largest absolute Gasteiger partial charge is 0.431 e. The van der Waals surface area contributed by atoms with Gasteiger partial charge in [0.15, 0.2) is 5.83 Å². The van der Waals surface area contributed by atoms with Crippen molar-refractivity contribution in [3.63, 3.8) is 0 Å². The monoisotopic (exact) mass is 140 g/mol. The molecule has 2 rings (SSSR count). The summed E-state index contributed by atoms with van der Waals surface area (Å²) in [6.07, 6.45) is 4.31. The third-order valence-corrected chi connectivity index (χ3v) is 1.29. The van der Waals surface area contributed by atoms with E-state index in [2.05, 4.69) is 4.98 Å². The maximum Gasteiger partial charge on any atom is 0.301 e. The molecule has 0 fully saturated rings. The van der Waals surface area contributed by atoms with Gasteiger partial charge in [-0.1, -0.05) is 0 Å². The zero-order valence-corrected chi connectivity index (χ0v) is 5.12. The van der Waals surface area contributed by atoms with Gasteiger partial charge in [0.05, 0.1) is 6.54 Å². The van der Waals surface area contributed by atoms with Gasteiger partial charge in [0, 0.05) is 12.4 Å². The maximum atomic E-state index is 12.4. The fourth-order valence-electron chi connectivity index (χ4n) is 0.851. The second kappa shape index (κ2) is 1.83. The molecule has 0 unspecified atom stereocenters. The van der Waals surface area contributed by atoms with E-state index in [4.69, 9.17) is 4.74 Å². The van der Waals surface area contributed by atoms with E-state index in [0.717, 1.165) is 6.26 Å². The number of nitrogens with zero attached hydrogens (tertiary/aromatic N) is 2. The van der Waals surface area contributed by atoms with Gasteiger partial charge in [-0.25, -0.2) is 9.37 Å².